The average Bonchev–Trinajstić information content (AvgIpc) is 2.46. The van der Waals surface area contributed by atoms with Gasteiger partial charge in [-0.2, -0.15) is 0 Å². The number of halogens is 1. The van der Waals surface area contributed by atoms with Crippen LogP contribution < -0.4 is 4.74 Å². The van der Waals surface area contributed by atoms with E-state index in [9.17, 15) is 5.11 Å². The van der Waals surface area contributed by atoms with Crippen LogP contribution in [-0.4, -0.2) is 18.5 Å². The largest absolute Gasteiger partial charge is 0.497 e. The lowest BCUT2D eigenvalue weighted by atomic mass is 10.0. The molecule has 0 spiro atoms. The molecule has 2 rings (SSSR count). The number of methoxy groups -OCH3 is 1. The fourth-order valence-corrected chi connectivity index (χ4v) is 2.50. The molecule has 4 heteroatoms. The summed E-state index contributed by atoms with van der Waals surface area (Å²) in [5, 5.41) is 10.9. The SMILES string of the molecule is COc1ccc(C(O)c2ccc(SC)cc2)c(Cl)c1. The maximum atomic E-state index is 10.4. The molecule has 0 saturated heterocycles. The van der Waals surface area contributed by atoms with Gasteiger partial charge in [0, 0.05) is 10.5 Å². The molecule has 2 nitrogen and oxygen atoms in total. The van der Waals surface area contributed by atoms with Gasteiger partial charge in [0.25, 0.3) is 0 Å². The zero-order valence-electron chi connectivity index (χ0n) is 10.8. The number of thioether (sulfide) groups is 1. The molecule has 0 aliphatic carbocycles. The summed E-state index contributed by atoms with van der Waals surface area (Å²) < 4.78 is 5.10. The van der Waals surface area contributed by atoms with Crippen LogP contribution in [0.3, 0.4) is 0 Å². The second kappa shape index (κ2) is 6.33. The van der Waals surface area contributed by atoms with Crippen molar-refractivity contribution in [3.8, 4) is 5.75 Å². The third kappa shape index (κ3) is 3.24. The first-order valence-corrected chi connectivity index (χ1v) is 7.41. The van der Waals surface area contributed by atoms with Crippen molar-refractivity contribution in [1.82, 2.24) is 0 Å². The van der Waals surface area contributed by atoms with E-state index in [1.54, 1.807) is 37.1 Å². The number of ether oxygens (including phenoxy) is 1. The molecule has 0 bridgehead atoms. The Bertz CT molecular complexity index is 555. The minimum Gasteiger partial charge on any atom is -0.497 e. The van der Waals surface area contributed by atoms with Crippen molar-refractivity contribution in [2.24, 2.45) is 0 Å². The van der Waals surface area contributed by atoms with Gasteiger partial charge in [0.2, 0.25) is 0 Å². The van der Waals surface area contributed by atoms with E-state index in [0.29, 0.717) is 16.3 Å². The Labute approximate surface area is 122 Å². The molecule has 0 aliphatic rings. The first-order valence-electron chi connectivity index (χ1n) is 5.81. The van der Waals surface area contributed by atoms with Gasteiger partial charge in [-0.25, -0.2) is 0 Å². The van der Waals surface area contributed by atoms with Gasteiger partial charge < -0.3 is 9.84 Å². The number of hydrogen-bond donors (Lipinski definition) is 1. The zero-order valence-corrected chi connectivity index (χ0v) is 12.3. The predicted octanol–water partition coefficient (Wildman–Crippen LogP) is 4.15. The van der Waals surface area contributed by atoms with Crippen LogP contribution in [0, 0.1) is 0 Å². The summed E-state index contributed by atoms with van der Waals surface area (Å²) >= 11 is 7.84. The van der Waals surface area contributed by atoms with E-state index < -0.39 is 6.10 Å². The number of aliphatic hydroxyl groups is 1. The number of aliphatic hydroxyl groups excluding tert-OH is 1. The van der Waals surface area contributed by atoms with Crippen LogP contribution in [0.25, 0.3) is 0 Å². The quantitative estimate of drug-likeness (QED) is 0.859. The monoisotopic (exact) mass is 294 g/mol. The molecular formula is C15H15ClO2S. The highest BCUT2D eigenvalue weighted by Crippen LogP contribution is 2.31. The minimum atomic E-state index is -0.727. The molecule has 1 unspecified atom stereocenters. The van der Waals surface area contributed by atoms with Crippen LogP contribution in [0.1, 0.15) is 17.2 Å². The molecule has 100 valence electrons. The predicted molar refractivity (Wildman–Crippen MR) is 80.3 cm³/mol. The Kier molecular flexibility index (Phi) is 4.75. The average molecular weight is 295 g/mol. The van der Waals surface area contributed by atoms with Gasteiger partial charge in [-0.3, -0.25) is 0 Å². The molecule has 2 aromatic carbocycles. The fourth-order valence-electron chi connectivity index (χ4n) is 1.82. The number of benzene rings is 2. The van der Waals surface area contributed by atoms with E-state index in [1.807, 2.05) is 30.5 Å². The van der Waals surface area contributed by atoms with Crippen molar-refractivity contribution in [2.75, 3.05) is 13.4 Å². The van der Waals surface area contributed by atoms with Crippen molar-refractivity contribution in [1.29, 1.82) is 0 Å². The lowest BCUT2D eigenvalue weighted by Crippen LogP contribution is -2.00. The summed E-state index contributed by atoms with van der Waals surface area (Å²) in [5.41, 5.74) is 1.50. The zero-order chi connectivity index (χ0) is 13.8. The maximum Gasteiger partial charge on any atom is 0.120 e. The highest BCUT2D eigenvalue weighted by atomic mass is 35.5. The molecule has 0 aromatic heterocycles. The molecule has 19 heavy (non-hydrogen) atoms. The van der Waals surface area contributed by atoms with Crippen LogP contribution in [-0.2, 0) is 0 Å². The summed E-state index contributed by atoms with van der Waals surface area (Å²) in [6.45, 7) is 0. The number of rotatable bonds is 4. The van der Waals surface area contributed by atoms with E-state index in [4.69, 9.17) is 16.3 Å². The third-order valence-corrected chi connectivity index (χ3v) is 4.00. The van der Waals surface area contributed by atoms with Crippen LogP contribution in [0.2, 0.25) is 5.02 Å². The molecular weight excluding hydrogens is 280 g/mol. The summed E-state index contributed by atoms with van der Waals surface area (Å²) in [5.74, 6) is 0.679. The van der Waals surface area contributed by atoms with Gasteiger partial charge in [0.1, 0.15) is 11.9 Å². The Balaban J connectivity index is 2.29. The van der Waals surface area contributed by atoms with Crippen LogP contribution in [0.4, 0.5) is 0 Å². The topological polar surface area (TPSA) is 29.5 Å². The molecule has 1 N–H and O–H groups in total. The highest BCUT2D eigenvalue weighted by Gasteiger charge is 2.14. The summed E-state index contributed by atoms with van der Waals surface area (Å²) in [6, 6.07) is 13.1. The molecule has 0 amide bonds. The lowest BCUT2D eigenvalue weighted by Gasteiger charge is -2.14. The van der Waals surface area contributed by atoms with E-state index in [0.717, 1.165) is 10.5 Å². The molecule has 0 heterocycles. The second-order valence-corrected chi connectivity index (χ2v) is 5.35. The maximum absolute atomic E-state index is 10.4. The van der Waals surface area contributed by atoms with Gasteiger partial charge in [0.15, 0.2) is 0 Å². The second-order valence-electron chi connectivity index (χ2n) is 4.06. The van der Waals surface area contributed by atoms with Gasteiger partial charge in [-0.05, 0) is 36.1 Å². The van der Waals surface area contributed by atoms with Gasteiger partial charge in [-0.15, -0.1) is 11.8 Å². The lowest BCUT2D eigenvalue weighted by molar-refractivity contribution is 0.220. The van der Waals surface area contributed by atoms with Gasteiger partial charge in [-0.1, -0.05) is 29.8 Å². The van der Waals surface area contributed by atoms with Crippen LogP contribution in [0.5, 0.6) is 5.75 Å². The van der Waals surface area contributed by atoms with Crippen LogP contribution in [0.15, 0.2) is 47.4 Å². The van der Waals surface area contributed by atoms with E-state index >= 15 is 0 Å². The Morgan fingerprint density at radius 2 is 1.84 bits per heavy atom. The molecule has 0 saturated carbocycles. The van der Waals surface area contributed by atoms with E-state index in [-0.39, 0.29) is 0 Å². The molecule has 0 fully saturated rings. The smallest absolute Gasteiger partial charge is 0.120 e. The van der Waals surface area contributed by atoms with E-state index in [2.05, 4.69) is 0 Å². The Morgan fingerprint density at radius 1 is 1.16 bits per heavy atom. The van der Waals surface area contributed by atoms with Crippen molar-refractivity contribution in [3.63, 3.8) is 0 Å². The summed E-state index contributed by atoms with van der Waals surface area (Å²) in [6.07, 6.45) is 1.29. The van der Waals surface area contributed by atoms with Crippen molar-refractivity contribution >= 4 is 23.4 Å². The molecule has 2 aromatic rings. The first kappa shape index (κ1) is 14.3. The Morgan fingerprint density at radius 3 is 2.37 bits per heavy atom. The molecule has 1 atom stereocenters. The van der Waals surface area contributed by atoms with Crippen LogP contribution >= 0.6 is 23.4 Å². The molecule has 0 radical (unpaired) electrons. The summed E-state index contributed by atoms with van der Waals surface area (Å²) in [4.78, 5) is 1.16. The van der Waals surface area contributed by atoms with Gasteiger partial charge >= 0.3 is 0 Å². The standard InChI is InChI=1S/C15H15ClO2S/c1-18-11-5-8-13(14(16)9-11)15(17)10-3-6-12(19-2)7-4-10/h3-9,15,17H,1-2H3. The van der Waals surface area contributed by atoms with Crippen molar-refractivity contribution in [3.05, 3.63) is 58.6 Å². The molecule has 0 aliphatic heterocycles. The normalized spacial score (nSPS) is 12.2. The number of hydrogen-bond acceptors (Lipinski definition) is 3. The van der Waals surface area contributed by atoms with E-state index in [1.165, 1.54) is 0 Å². The minimum absolute atomic E-state index is 0.501. The highest BCUT2D eigenvalue weighted by molar-refractivity contribution is 7.98. The Hall–Kier alpha value is -1.16. The fraction of sp³-hybridized carbons (Fsp3) is 0.200. The van der Waals surface area contributed by atoms with Crippen molar-refractivity contribution in [2.45, 2.75) is 11.0 Å². The first-order chi connectivity index (χ1) is 9.15. The van der Waals surface area contributed by atoms with Gasteiger partial charge in [0.05, 0.1) is 12.1 Å². The summed E-state index contributed by atoms with van der Waals surface area (Å²) in [7, 11) is 1.59. The van der Waals surface area contributed by atoms with Crippen molar-refractivity contribution < 1.29 is 9.84 Å². The third-order valence-electron chi connectivity index (χ3n) is 2.93.